The number of rotatable bonds is 9. The van der Waals surface area contributed by atoms with Gasteiger partial charge in [-0.25, -0.2) is 0 Å². The summed E-state index contributed by atoms with van der Waals surface area (Å²) in [6.45, 7) is 6.44. The Morgan fingerprint density at radius 2 is 2.11 bits per heavy atom. The van der Waals surface area contributed by atoms with E-state index in [4.69, 9.17) is 26.2 Å². The first kappa shape index (κ1) is 16.2. The molecule has 0 unspecified atom stereocenters. The van der Waals surface area contributed by atoms with Gasteiger partial charge in [0.05, 0.1) is 30.9 Å². The van der Waals surface area contributed by atoms with Crippen molar-refractivity contribution in [3.63, 3.8) is 0 Å². The lowest BCUT2D eigenvalue weighted by Crippen LogP contribution is -2.20. The predicted octanol–water partition coefficient (Wildman–Crippen LogP) is 2.23. The molecule has 0 atom stereocenters. The molecule has 0 fully saturated rings. The maximum atomic E-state index is 8.55. The summed E-state index contributed by atoms with van der Waals surface area (Å²) in [5, 5.41) is 12.4. The summed E-state index contributed by atoms with van der Waals surface area (Å²) < 4.78 is 10.7. The average molecular weight is 288 g/mol. The van der Waals surface area contributed by atoms with Gasteiger partial charge in [-0.2, -0.15) is 0 Å². The quantitative estimate of drug-likeness (QED) is 0.684. The number of aliphatic hydroxyl groups is 1. The van der Waals surface area contributed by atoms with Crippen LogP contribution in [0.1, 0.15) is 19.4 Å². The van der Waals surface area contributed by atoms with Gasteiger partial charge in [0, 0.05) is 13.1 Å². The number of nitrogens with one attached hydrogen (secondary N) is 1. The van der Waals surface area contributed by atoms with E-state index >= 15 is 0 Å². The first-order chi connectivity index (χ1) is 9.13. The van der Waals surface area contributed by atoms with Crippen molar-refractivity contribution in [2.75, 3.05) is 26.4 Å². The smallest absolute Gasteiger partial charge is 0.138 e. The van der Waals surface area contributed by atoms with Crippen LogP contribution in [0.2, 0.25) is 5.02 Å². The lowest BCUT2D eigenvalue weighted by atomic mass is 10.2. The Morgan fingerprint density at radius 3 is 2.74 bits per heavy atom. The predicted molar refractivity (Wildman–Crippen MR) is 76.8 cm³/mol. The number of halogens is 1. The van der Waals surface area contributed by atoms with Crippen molar-refractivity contribution in [2.24, 2.45) is 0 Å². The Kier molecular flexibility index (Phi) is 7.82. The van der Waals surface area contributed by atoms with Crippen molar-refractivity contribution >= 4 is 11.6 Å². The van der Waals surface area contributed by atoms with Gasteiger partial charge in [0.25, 0.3) is 0 Å². The van der Waals surface area contributed by atoms with Crippen molar-refractivity contribution < 1.29 is 14.6 Å². The molecule has 0 aliphatic carbocycles. The second-order valence-corrected chi connectivity index (χ2v) is 4.85. The molecule has 0 aromatic heterocycles. The highest BCUT2D eigenvalue weighted by Gasteiger charge is 2.04. The zero-order chi connectivity index (χ0) is 14.1. The zero-order valence-corrected chi connectivity index (χ0v) is 12.2. The van der Waals surface area contributed by atoms with E-state index in [1.165, 1.54) is 0 Å². The molecule has 0 aliphatic heterocycles. The van der Waals surface area contributed by atoms with Gasteiger partial charge in [-0.3, -0.25) is 0 Å². The molecule has 0 amide bonds. The van der Waals surface area contributed by atoms with Crippen molar-refractivity contribution in [3.05, 3.63) is 28.8 Å². The summed E-state index contributed by atoms with van der Waals surface area (Å²) in [5.74, 6) is 0.715. The first-order valence-electron chi connectivity index (χ1n) is 6.48. The van der Waals surface area contributed by atoms with E-state index in [-0.39, 0.29) is 12.7 Å². The molecule has 0 bridgehead atoms. The fourth-order valence-electron chi connectivity index (χ4n) is 1.55. The summed E-state index contributed by atoms with van der Waals surface area (Å²) in [6.07, 6.45) is 0.116. The first-order valence-corrected chi connectivity index (χ1v) is 6.85. The van der Waals surface area contributed by atoms with E-state index in [1.54, 1.807) is 0 Å². The summed E-state index contributed by atoms with van der Waals surface area (Å²) in [6, 6.07) is 5.79. The molecule has 1 aromatic carbocycles. The summed E-state index contributed by atoms with van der Waals surface area (Å²) in [5.41, 5.74) is 1.10. The van der Waals surface area contributed by atoms with Gasteiger partial charge >= 0.3 is 0 Å². The van der Waals surface area contributed by atoms with E-state index in [0.29, 0.717) is 24.0 Å². The van der Waals surface area contributed by atoms with Crippen LogP contribution in [0.5, 0.6) is 5.75 Å². The highest BCUT2D eigenvalue weighted by molar-refractivity contribution is 6.32. The topological polar surface area (TPSA) is 50.7 Å². The summed E-state index contributed by atoms with van der Waals surface area (Å²) >= 11 is 6.15. The molecule has 1 aromatic rings. The summed E-state index contributed by atoms with van der Waals surface area (Å²) in [4.78, 5) is 0. The minimum atomic E-state index is 0.0624. The van der Waals surface area contributed by atoms with Crippen molar-refractivity contribution in [1.82, 2.24) is 5.32 Å². The lowest BCUT2D eigenvalue weighted by Gasteiger charge is -2.12. The Hall–Kier alpha value is -0.810. The van der Waals surface area contributed by atoms with Crippen molar-refractivity contribution in [2.45, 2.75) is 26.5 Å². The van der Waals surface area contributed by atoms with E-state index in [0.717, 1.165) is 18.7 Å². The minimum absolute atomic E-state index is 0.0624. The third kappa shape index (κ3) is 6.78. The number of hydrogen-bond donors (Lipinski definition) is 2. The van der Waals surface area contributed by atoms with Crippen molar-refractivity contribution in [3.8, 4) is 5.75 Å². The monoisotopic (exact) mass is 287 g/mol. The van der Waals surface area contributed by atoms with Crippen LogP contribution < -0.4 is 10.1 Å². The number of benzene rings is 1. The molecule has 108 valence electrons. The van der Waals surface area contributed by atoms with E-state index in [9.17, 15) is 0 Å². The van der Waals surface area contributed by atoms with Crippen LogP contribution in [0.4, 0.5) is 0 Å². The van der Waals surface area contributed by atoms with Crippen LogP contribution in [0.3, 0.4) is 0 Å². The largest absolute Gasteiger partial charge is 0.489 e. The molecule has 0 spiro atoms. The molecule has 2 N–H and O–H groups in total. The molecule has 0 saturated heterocycles. The minimum Gasteiger partial charge on any atom is -0.489 e. The van der Waals surface area contributed by atoms with Gasteiger partial charge in [0.15, 0.2) is 0 Å². The lowest BCUT2D eigenvalue weighted by molar-refractivity contribution is 0.0938. The van der Waals surface area contributed by atoms with Crippen LogP contribution in [0.25, 0.3) is 0 Å². The fourth-order valence-corrected chi connectivity index (χ4v) is 1.80. The van der Waals surface area contributed by atoms with Gasteiger partial charge in [-0.05, 0) is 31.5 Å². The van der Waals surface area contributed by atoms with Gasteiger partial charge in [0.1, 0.15) is 5.75 Å². The van der Waals surface area contributed by atoms with Gasteiger partial charge < -0.3 is 19.9 Å². The molecule has 0 aliphatic rings. The van der Waals surface area contributed by atoms with Gasteiger partial charge in [0.2, 0.25) is 0 Å². The van der Waals surface area contributed by atoms with E-state index < -0.39 is 0 Å². The van der Waals surface area contributed by atoms with Crippen molar-refractivity contribution in [1.29, 1.82) is 0 Å². The highest BCUT2D eigenvalue weighted by atomic mass is 35.5. The van der Waals surface area contributed by atoms with E-state index in [1.807, 2.05) is 32.0 Å². The van der Waals surface area contributed by atoms with Crippen LogP contribution in [-0.4, -0.2) is 37.6 Å². The normalized spacial score (nSPS) is 11.0. The second-order valence-electron chi connectivity index (χ2n) is 4.44. The molecular formula is C14H22ClNO3. The average Bonchev–Trinajstić information content (AvgIpc) is 2.36. The summed E-state index contributed by atoms with van der Waals surface area (Å²) in [7, 11) is 0. The molecule has 5 heteroatoms. The zero-order valence-electron chi connectivity index (χ0n) is 11.5. The van der Waals surface area contributed by atoms with Crippen LogP contribution >= 0.6 is 11.6 Å². The van der Waals surface area contributed by atoms with E-state index in [2.05, 4.69) is 5.32 Å². The standard InChI is InChI=1S/C14H22ClNO3/c1-11(2)19-14-4-3-12(9-13(14)15)10-16-5-7-18-8-6-17/h3-4,9,11,16-17H,5-8,10H2,1-2H3. The molecule has 0 saturated carbocycles. The van der Waals surface area contributed by atoms with Crippen LogP contribution in [0, 0.1) is 0 Å². The number of hydrogen-bond acceptors (Lipinski definition) is 4. The van der Waals surface area contributed by atoms with Crippen LogP contribution in [0.15, 0.2) is 18.2 Å². The van der Waals surface area contributed by atoms with Gasteiger partial charge in [-0.1, -0.05) is 17.7 Å². The SMILES string of the molecule is CC(C)Oc1ccc(CNCCOCCO)cc1Cl. The third-order valence-corrected chi connectivity index (χ3v) is 2.64. The Labute approximate surface area is 119 Å². The molecule has 4 nitrogen and oxygen atoms in total. The third-order valence-electron chi connectivity index (χ3n) is 2.35. The molecule has 19 heavy (non-hydrogen) atoms. The Bertz CT molecular complexity index is 372. The Morgan fingerprint density at radius 1 is 1.32 bits per heavy atom. The second kappa shape index (κ2) is 9.15. The highest BCUT2D eigenvalue weighted by Crippen LogP contribution is 2.26. The number of ether oxygens (including phenoxy) is 2. The maximum absolute atomic E-state index is 8.55. The number of aliphatic hydroxyl groups excluding tert-OH is 1. The fraction of sp³-hybridized carbons (Fsp3) is 0.571. The van der Waals surface area contributed by atoms with Crippen LogP contribution in [-0.2, 0) is 11.3 Å². The van der Waals surface area contributed by atoms with Gasteiger partial charge in [-0.15, -0.1) is 0 Å². The maximum Gasteiger partial charge on any atom is 0.138 e. The molecule has 1 rings (SSSR count). The molecule has 0 heterocycles. The molecule has 0 radical (unpaired) electrons. The molecular weight excluding hydrogens is 266 g/mol. The Balaban J connectivity index is 2.33.